The second kappa shape index (κ2) is 8.47. The number of benzene rings is 1. The lowest BCUT2D eigenvalue weighted by Gasteiger charge is -2.06. The highest BCUT2D eigenvalue weighted by atomic mass is 16.5. The van der Waals surface area contributed by atoms with Gasteiger partial charge in [0.05, 0.1) is 0 Å². The average molecular weight is 287 g/mol. The standard InChI is InChI=1S/C16H17NO4/c1-3-4-5-9-16(20)21-11-15(19)17-14-8-6-7-13(10-14)12(2)18/h3-10H,11H2,1-2H3,(H,17,19)/b4-3+,9-5+. The highest BCUT2D eigenvalue weighted by Crippen LogP contribution is 2.11. The number of nitrogens with one attached hydrogen (secondary N) is 1. The molecule has 0 aliphatic rings. The van der Waals surface area contributed by atoms with E-state index in [9.17, 15) is 14.4 Å². The Kier molecular flexibility index (Phi) is 6.60. The van der Waals surface area contributed by atoms with Crippen LogP contribution in [0, 0.1) is 0 Å². The molecule has 0 fully saturated rings. The lowest BCUT2D eigenvalue weighted by Crippen LogP contribution is -2.20. The predicted molar refractivity (Wildman–Crippen MR) is 80.0 cm³/mol. The van der Waals surface area contributed by atoms with E-state index in [1.165, 1.54) is 19.1 Å². The molecule has 0 bridgehead atoms. The number of allylic oxidation sites excluding steroid dienone is 3. The molecule has 0 aliphatic heterocycles. The van der Waals surface area contributed by atoms with Gasteiger partial charge in [0, 0.05) is 17.3 Å². The van der Waals surface area contributed by atoms with Crippen molar-refractivity contribution in [3.8, 4) is 0 Å². The summed E-state index contributed by atoms with van der Waals surface area (Å²) >= 11 is 0. The quantitative estimate of drug-likeness (QED) is 0.377. The fourth-order valence-corrected chi connectivity index (χ4v) is 1.44. The summed E-state index contributed by atoms with van der Waals surface area (Å²) in [6.45, 7) is 2.88. The molecular weight excluding hydrogens is 270 g/mol. The number of ether oxygens (including phenoxy) is 1. The van der Waals surface area contributed by atoms with E-state index in [2.05, 4.69) is 5.32 Å². The Balaban J connectivity index is 2.49. The van der Waals surface area contributed by atoms with E-state index in [-0.39, 0.29) is 12.4 Å². The Labute approximate surface area is 123 Å². The zero-order valence-corrected chi connectivity index (χ0v) is 12.0. The number of carbonyl (C=O) groups is 3. The molecule has 0 saturated heterocycles. The molecule has 5 nitrogen and oxygen atoms in total. The highest BCUT2D eigenvalue weighted by molar-refractivity contribution is 5.97. The molecule has 21 heavy (non-hydrogen) atoms. The number of ketones is 1. The number of esters is 1. The van der Waals surface area contributed by atoms with Crippen LogP contribution in [-0.2, 0) is 14.3 Å². The predicted octanol–water partition coefficient (Wildman–Crippen LogP) is 2.50. The molecule has 110 valence electrons. The van der Waals surface area contributed by atoms with Crippen LogP contribution in [0.5, 0.6) is 0 Å². The van der Waals surface area contributed by atoms with Crippen molar-refractivity contribution in [1.82, 2.24) is 0 Å². The van der Waals surface area contributed by atoms with Crippen molar-refractivity contribution < 1.29 is 19.1 Å². The van der Waals surface area contributed by atoms with Gasteiger partial charge >= 0.3 is 5.97 Å². The van der Waals surface area contributed by atoms with Crippen LogP contribution in [0.3, 0.4) is 0 Å². The maximum Gasteiger partial charge on any atom is 0.331 e. The molecule has 5 heteroatoms. The minimum Gasteiger partial charge on any atom is -0.452 e. The summed E-state index contributed by atoms with van der Waals surface area (Å²) in [7, 11) is 0. The summed E-state index contributed by atoms with van der Waals surface area (Å²) in [5.41, 5.74) is 0.979. The summed E-state index contributed by atoms with van der Waals surface area (Å²) in [5, 5.41) is 2.55. The number of rotatable bonds is 6. The first-order valence-corrected chi connectivity index (χ1v) is 6.40. The Morgan fingerprint density at radius 1 is 1.24 bits per heavy atom. The summed E-state index contributed by atoms with van der Waals surface area (Å²) in [6, 6.07) is 6.54. The van der Waals surface area contributed by atoms with Crippen LogP contribution in [0.25, 0.3) is 0 Å². The molecule has 0 aliphatic carbocycles. The summed E-state index contributed by atoms with van der Waals surface area (Å²) in [4.78, 5) is 34.1. The van der Waals surface area contributed by atoms with Gasteiger partial charge in [0.1, 0.15) is 0 Å². The highest BCUT2D eigenvalue weighted by Gasteiger charge is 2.07. The van der Waals surface area contributed by atoms with E-state index in [0.717, 1.165) is 0 Å². The molecular formula is C16H17NO4. The van der Waals surface area contributed by atoms with Crippen LogP contribution in [0.2, 0.25) is 0 Å². The zero-order valence-electron chi connectivity index (χ0n) is 12.0. The molecule has 0 spiro atoms. The van der Waals surface area contributed by atoms with E-state index in [1.54, 1.807) is 36.4 Å². The van der Waals surface area contributed by atoms with Crippen molar-refractivity contribution in [2.24, 2.45) is 0 Å². The first-order valence-electron chi connectivity index (χ1n) is 6.40. The Hall–Kier alpha value is -2.69. The Morgan fingerprint density at radius 3 is 2.67 bits per heavy atom. The average Bonchev–Trinajstić information content (AvgIpc) is 2.45. The fraction of sp³-hybridized carbons (Fsp3) is 0.188. The summed E-state index contributed by atoms with van der Waals surface area (Å²) in [6.07, 6.45) is 6.19. The molecule has 1 rings (SSSR count). The normalized spacial score (nSPS) is 10.8. The van der Waals surface area contributed by atoms with Gasteiger partial charge in [-0.25, -0.2) is 4.79 Å². The zero-order chi connectivity index (χ0) is 15.7. The minimum absolute atomic E-state index is 0.0911. The SMILES string of the molecule is C/C=C/C=C/C(=O)OCC(=O)Nc1cccc(C(C)=O)c1. The fourth-order valence-electron chi connectivity index (χ4n) is 1.44. The molecule has 0 heterocycles. The van der Waals surface area contributed by atoms with Crippen LogP contribution >= 0.6 is 0 Å². The van der Waals surface area contributed by atoms with E-state index in [4.69, 9.17) is 4.74 Å². The Bertz CT molecular complexity index is 588. The van der Waals surface area contributed by atoms with Gasteiger partial charge in [-0.05, 0) is 26.0 Å². The molecule has 0 saturated carbocycles. The van der Waals surface area contributed by atoms with Crippen LogP contribution in [0.15, 0.2) is 48.6 Å². The number of anilines is 1. The van der Waals surface area contributed by atoms with E-state index < -0.39 is 11.9 Å². The van der Waals surface area contributed by atoms with Gasteiger partial charge in [-0.15, -0.1) is 0 Å². The summed E-state index contributed by atoms with van der Waals surface area (Å²) in [5.74, 6) is -1.16. The Morgan fingerprint density at radius 2 is 2.00 bits per heavy atom. The smallest absolute Gasteiger partial charge is 0.331 e. The van der Waals surface area contributed by atoms with Crippen LogP contribution < -0.4 is 5.32 Å². The van der Waals surface area contributed by atoms with E-state index >= 15 is 0 Å². The molecule has 0 unspecified atom stereocenters. The lowest BCUT2D eigenvalue weighted by molar-refractivity contribution is -0.142. The number of carbonyl (C=O) groups excluding carboxylic acids is 3. The third-order valence-electron chi connectivity index (χ3n) is 2.43. The first-order chi connectivity index (χ1) is 10.0. The third kappa shape index (κ3) is 6.33. The van der Waals surface area contributed by atoms with Gasteiger partial charge in [0.25, 0.3) is 5.91 Å². The van der Waals surface area contributed by atoms with Crippen LogP contribution in [0.1, 0.15) is 24.2 Å². The molecule has 1 N–H and O–H groups in total. The molecule has 1 aromatic carbocycles. The molecule has 1 aromatic rings. The molecule has 0 atom stereocenters. The van der Waals surface area contributed by atoms with Crippen molar-refractivity contribution in [2.75, 3.05) is 11.9 Å². The van der Waals surface area contributed by atoms with Crippen LogP contribution in [0.4, 0.5) is 5.69 Å². The molecule has 0 aromatic heterocycles. The van der Waals surface area contributed by atoms with Crippen molar-refractivity contribution >= 4 is 23.3 Å². The van der Waals surface area contributed by atoms with Crippen molar-refractivity contribution in [1.29, 1.82) is 0 Å². The van der Waals surface area contributed by atoms with Gasteiger partial charge < -0.3 is 10.1 Å². The molecule has 1 amide bonds. The largest absolute Gasteiger partial charge is 0.452 e. The summed E-state index contributed by atoms with van der Waals surface area (Å²) < 4.78 is 4.76. The van der Waals surface area contributed by atoms with Gasteiger partial charge in [-0.2, -0.15) is 0 Å². The van der Waals surface area contributed by atoms with Gasteiger partial charge in [0.15, 0.2) is 12.4 Å². The van der Waals surface area contributed by atoms with E-state index in [0.29, 0.717) is 11.3 Å². The van der Waals surface area contributed by atoms with Gasteiger partial charge in [-0.3, -0.25) is 9.59 Å². The third-order valence-corrected chi connectivity index (χ3v) is 2.43. The number of hydrogen-bond donors (Lipinski definition) is 1. The topological polar surface area (TPSA) is 72.5 Å². The van der Waals surface area contributed by atoms with Gasteiger partial charge in [0.2, 0.25) is 0 Å². The van der Waals surface area contributed by atoms with Crippen molar-refractivity contribution in [2.45, 2.75) is 13.8 Å². The van der Waals surface area contributed by atoms with E-state index in [1.807, 2.05) is 6.92 Å². The minimum atomic E-state index is -0.597. The van der Waals surface area contributed by atoms with Gasteiger partial charge in [-0.1, -0.05) is 30.4 Å². The maximum atomic E-state index is 11.6. The number of amides is 1. The van der Waals surface area contributed by atoms with Crippen molar-refractivity contribution in [3.63, 3.8) is 0 Å². The number of hydrogen-bond acceptors (Lipinski definition) is 4. The second-order valence-electron chi connectivity index (χ2n) is 4.18. The maximum absolute atomic E-state index is 11.6. The van der Waals surface area contributed by atoms with Crippen molar-refractivity contribution in [3.05, 3.63) is 54.1 Å². The second-order valence-corrected chi connectivity index (χ2v) is 4.18. The first kappa shape index (κ1) is 16.4. The van der Waals surface area contributed by atoms with Crippen LogP contribution in [-0.4, -0.2) is 24.3 Å². The number of Topliss-reactive ketones (excluding diaryl/α,β-unsaturated/α-hetero) is 1. The lowest BCUT2D eigenvalue weighted by atomic mass is 10.1. The monoisotopic (exact) mass is 287 g/mol. The molecule has 0 radical (unpaired) electrons.